The molecule has 316 valence electrons. The van der Waals surface area contributed by atoms with Crippen molar-refractivity contribution in [2.24, 2.45) is 0 Å². The van der Waals surface area contributed by atoms with Crippen LogP contribution in [0.3, 0.4) is 0 Å². The first-order valence-electron chi connectivity index (χ1n) is 22.8. The molecule has 2 atom stereocenters. The van der Waals surface area contributed by atoms with Crippen LogP contribution in [0.1, 0.15) is 93.8 Å². The molecule has 0 bridgehead atoms. The third-order valence-corrected chi connectivity index (χ3v) is 69.0. The van der Waals surface area contributed by atoms with Crippen LogP contribution in [-0.4, -0.2) is 24.1 Å². The van der Waals surface area contributed by atoms with Crippen molar-refractivity contribution in [2.75, 3.05) is 0 Å². The first-order chi connectivity index (χ1) is 29.8. The van der Waals surface area contributed by atoms with Crippen LogP contribution >= 0.6 is 0 Å². The average molecular weight is 1220 g/mol. The third kappa shape index (κ3) is 11.6. The van der Waals surface area contributed by atoms with Gasteiger partial charge in [0.05, 0.1) is 0 Å². The standard InChI is InChI=1S/2C12H11Si.2C9H7.2C6H12N.2ClH.2Hf/c2*1-3-7-11(8-4-1)13-12-9-5-2-6-10-12;2*1-2-5-9-7-3-6-8(9)4-1;2*7-6-4-2-1-3-5-6;;;;/h2*1-10,13H;2*1-7H;2*6-7H,1-5H2;2*1H;;/q;;;;2*-1;;;2*+2/p-2. The summed E-state index contributed by atoms with van der Waals surface area (Å²) in [4.78, 5) is 0. The van der Waals surface area contributed by atoms with Gasteiger partial charge in [0.2, 0.25) is 0 Å². The van der Waals surface area contributed by atoms with Gasteiger partial charge in [0, 0.05) is 0 Å². The quantitative estimate of drug-likeness (QED) is 0.184. The van der Waals surface area contributed by atoms with E-state index >= 15 is 0 Å². The predicted octanol–water partition coefficient (Wildman–Crippen LogP) is 3.50. The first-order valence-corrected chi connectivity index (χ1v) is 46.5. The number of hydrogen-bond donors (Lipinski definition) is 2. The molecule has 62 heavy (non-hydrogen) atoms. The third-order valence-electron chi connectivity index (χ3n) is 13.4. The molecule has 2 saturated carbocycles. The van der Waals surface area contributed by atoms with Crippen molar-refractivity contribution in [3.63, 3.8) is 0 Å². The van der Waals surface area contributed by atoms with Crippen LogP contribution in [0.5, 0.6) is 0 Å². The van der Waals surface area contributed by atoms with Gasteiger partial charge in [0.15, 0.2) is 0 Å². The second kappa shape index (κ2) is 24.1. The van der Waals surface area contributed by atoms with E-state index in [2.05, 4.69) is 201 Å². The molecule has 2 unspecified atom stereocenters. The van der Waals surface area contributed by atoms with Gasteiger partial charge in [-0.25, -0.2) is 0 Å². The van der Waals surface area contributed by atoms with Gasteiger partial charge in [-0.1, -0.05) is 0 Å². The largest absolute Gasteiger partial charge is 1.00 e. The van der Waals surface area contributed by atoms with Crippen LogP contribution in [0.15, 0.2) is 182 Å². The van der Waals surface area contributed by atoms with Crippen LogP contribution in [0.2, 0.25) is 0 Å². The van der Waals surface area contributed by atoms with E-state index in [9.17, 15) is 0 Å². The monoisotopic (exact) mass is 1220 g/mol. The van der Waals surface area contributed by atoms with Gasteiger partial charge in [0.1, 0.15) is 0 Å². The van der Waals surface area contributed by atoms with E-state index in [0.717, 1.165) is 12.1 Å². The van der Waals surface area contributed by atoms with Gasteiger partial charge in [-0.3, -0.25) is 0 Å². The fourth-order valence-electron chi connectivity index (χ4n) is 10.4. The minimum absolute atomic E-state index is 0. The molecule has 4 aliphatic rings. The Balaban J connectivity index is 0.000000181. The summed E-state index contributed by atoms with van der Waals surface area (Å²) < 4.78 is 10.2. The molecule has 0 heterocycles. The normalized spacial score (nSPS) is 17.9. The summed E-state index contributed by atoms with van der Waals surface area (Å²) in [5.41, 5.74) is 6.08. The fraction of sp³-hybridized carbons (Fsp3) is 0.259. The predicted molar refractivity (Wildman–Crippen MR) is 255 cm³/mol. The maximum Gasteiger partial charge on any atom is -1.00 e. The van der Waals surface area contributed by atoms with Gasteiger partial charge in [-0.2, -0.15) is 0 Å². The molecule has 0 aromatic heterocycles. The number of allylic oxidation sites excluding steroid dienone is 2. The Morgan fingerprint density at radius 3 is 0.968 bits per heavy atom. The Hall–Kier alpha value is -2.53. The molecule has 0 aliphatic heterocycles. The summed E-state index contributed by atoms with van der Waals surface area (Å²) in [5, 5.41) is 6.53. The van der Waals surface area contributed by atoms with Gasteiger partial charge < -0.3 is 24.8 Å². The van der Waals surface area contributed by atoms with Crippen molar-refractivity contribution in [1.82, 2.24) is 6.61 Å². The van der Waals surface area contributed by atoms with E-state index in [1.165, 1.54) is 75.3 Å². The molecule has 0 radical (unpaired) electrons. The summed E-state index contributed by atoms with van der Waals surface area (Å²) in [6.07, 6.45) is 23.8. The van der Waals surface area contributed by atoms with E-state index in [1.54, 1.807) is 31.9 Å². The van der Waals surface area contributed by atoms with E-state index in [1.807, 2.05) is 0 Å². The van der Waals surface area contributed by atoms with Crippen molar-refractivity contribution in [1.29, 1.82) is 0 Å². The van der Waals surface area contributed by atoms with Gasteiger partial charge in [0.25, 0.3) is 0 Å². The van der Waals surface area contributed by atoms with Crippen LogP contribution < -0.4 is 52.2 Å². The second-order valence-corrected chi connectivity index (χ2v) is 57.4. The van der Waals surface area contributed by atoms with Crippen molar-refractivity contribution in [3.8, 4) is 0 Å². The summed E-state index contributed by atoms with van der Waals surface area (Å²) in [5.74, 6) is -2.60. The summed E-state index contributed by atoms with van der Waals surface area (Å²) >= 11 is -4.68. The topological polar surface area (TPSA) is 24.1 Å². The Bertz CT molecular complexity index is 2060. The van der Waals surface area contributed by atoms with E-state index in [4.69, 9.17) is 0 Å². The minimum atomic E-state index is -2.34. The van der Waals surface area contributed by atoms with Gasteiger partial charge >= 0.3 is 381 Å². The zero-order valence-electron chi connectivity index (χ0n) is 35.8. The first kappa shape index (κ1) is 47.4. The van der Waals surface area contributed by atoms with Crippen molar-refractivity contribution in [3.05, 3.63) is 204 Å². The molecule has 6 aromatic carbocycles. The molecule has 2 N–H and O–H groups in total. The maximum atomic E-state index is 4.46. The minimum Gasteiger partial charge on any atom is -1.00 e. The number of nitrogens with one attached hydrogen (secondary N) is 2. The molecule has 2 nitrogen and oxygen atoms in total. The molecule has 0 saturated heterocycles. The SMILES string of the molecule is C1=C[CH]([Hf+]([NH]C2CCCCC2)[SiH](c2ccccc2)c2ccccc2)c2ccccc21.C1=C[CH]([Hf+]([NH]C2CCCCC2)[SiH](c2ccccc2)c2ccccc2)c2ccccc21.[Cl-].[Cl-]. The molecule has 0 amide bonds. The van der Waals surface area contributed by atoms with Crippen molar-refractivity contribution in [2.45, 2.75) is 83.6 Å². The molecule has 0 spiro atoms. The summed E-state index contributed by atoms with van der Waals surface area (Å²) in [6, 6.07) is 65.8. The molecule has 2 fully saturated rings. The molecule has 6 aromatic rings. The zero-order valence-corrected chi connectivity index (χ0v) is 46.8. The molecule has 10 rings (SSSR count). The van der Waals surface area contributed by atoms with Gasteiger partial charge in [-0.05, 0) is 0 Å². The average Bonchev–Trinajstić information content (AvgIpc) is 3.96. The van der Waals surface area contributed by atoms with Crippen LogP contribution in [0.25, 0.3) is 12.2 Å². The molecular weight excluding hydrogens is 1160 g/mol. The van der Waals surface area contributed by atoms with E-state index < -0.39 is 53.8 Å². The zero-order chi connectivity index (χ0) is 40.4. The summed E-state index contributed by atoms with van der Waals surface area (Å²) in [6.45, 7) is 0. The second-order valence-electron chi connectivity index (χ2n) is 17.3. The van der Waals surface area contributed by atoms with E-state index in [-0.39, 0.29) is 24.8 Å². The Morgan fingerprint density at radius 1 is 0.355 bits per heavy atom. The number of fused-ring (bicyclic) bond motifs is 2. The molecule has 8 heteroatoms. The van der Waals surface area contributed by atoms with Gasteiger partial charge in [-0.15, -0.1) is 0 Å². The Kier molecular flexibility index (Phi) is 18.5. The number of rotatable bonds is 12. The Labute approximate surface area is 402 Å². The van der Waals surface area contributed by atoms with E-state index in [0.29, 0.717) is 7.35 Å². The summed E-state index contributed by atoms with van der Waals surface area (Å²) in [7, 11) is 0. The fourth-order valence-corrected chi connectivity index (χ4v) is 73.0. The number of halogens is 2. The van der Waals surface area contributed by atoms with Crippen molar-refractivity contribution >= 4 is 44.9 Å². The smallest absolute Gasteiger partial charge is 1.00 e. The van der Waals surface area contributed by atoms with Crippen molar-refractivity contribution < 1.29 is 66.6 Å². The van der Waals surface area contributed by atoms with Crippen LogP contribution in [0.4, 0.5) is 0 Å². The number of hydrogen-bond acceptors (Lipinski definition) is 2. The van der Waals surface area contributed by atoms with Crippen LogP contribution in [0, 0.1) is 0 Å². The molecular formula is C54H60Cl2Hf2N2Si2. The molecule has 4 aliphatic carbocycles. The van der Waals surface area contributed by atoms with Crippen LogP contribution in [-0.2, 0) is 41.8 Å². The Morgan fingerprint density at radius 2 is 0.645 bits per heavy atom. The number of benzene rings is 6. The maximum absolute atomic E-state index is 4.46.